The van der Waals surface area contributed by atoms with Crippen LogP contribution in [-0.4, -0.2) is 29.2 Å². The number of hydrogen-bond donors (Lipinski definition) is 2. The summed E-state index contributed by atoms with van der Waals surface area (Å²) in [5.74, 6) is 0.593. The van der Waals surface area contributed by atoms with E-state index in [0.29, 0.717) is 11.5 Å². The first-order valence-corrected chi connectivity index (χ1v) is 9.03. The zero-order valence-electron chi connectivity index (χ0n) is 14.8. The van der Waals surface area contributed by atoms with Gasteiger partial charge in [0.25, 0.3) is 5.91 Å². The Hall–Kier alpha value is -2.79. The van der Waals surface area contributed by atoms with E-state index < -0.39 is 0 Å². The van der Waals surface area contributed by atoms with Crippen molar-refractivity contribution in [2.24, 2.45) is 5.92 Å². The van der Waals surface area contributed by atoms with E-state index in [2.05, 4.69) is 33.0 Å². The Bertz CT molecular complexity index is 930. The number of nitrogens with zero attached hydrogens (tertiary/aromatic N) is 2. The fraction of sp³-hybridized carbons (Fsp3) is 0.286. The van der Waals surface area contributed by atoms with Gasteiger partial charge in [-0.05, 0) is 74.7 Å². The number of carbonyl (C=O) groups is 1. The maximum absolute atomic E-state index is 12.6. The van der Waals surface area contributed by atoms with Crippen LogP contribution < -0.4 is 10.6 Å². The van der Waals surface area contributed by atoms with E-state index in [1.807, 2.05) is 43.3 Å². The van der Waals surface area contributed by atoms with Gasteiger partial charge >= 0.3 is 0 Å². The predicted molar refractivity (Wildman–Crippen MR) is 103 cm³/mol. The summed E-state index contributed by atoms with van der Waals surface area (Å²) < 4.78 is 0. The first-order valence-electron chi connectivity index (χ1n) is 9.03. The summed E-state index contributed by atoms with van der Waals surface area (Å²) in [5, 5.41) is 15.5. The molecule has 5 heteroatoms. The first-order chi connectivity index (χ1) is 12.7. The Morgan fingerprint density at radius 2 is 2.04 bits per heavy atom. The van der Waals surface area contributed by atoms with Crippen LogP contribution in [0, 0.1) is 12.8 Å². The minimum atomic E-state index is -0.110. The van der Waals surface area contributed by atoms with E-state index >= 15 is 0 Å². The van der Waals surface area contributed by atoms with Gasteiger partial charge in [-0.25, -0.2) is 0 Å². The van der Waals surface area contributed by atoms with Crippen molar-refractivity contribution in [3.05, 3.63) is 65.4 Å². The predicted octanol–water partition coefficient (Wildman–Crippen LogP) is 3.34. The number of rotatable bonds is 4. The van der Waals surface area contributed by atoms with Gasteiger partial charge in [0.05, 0.1) is 16.9 Å². The smallest absolute Gasteiger partial charge is 0.255 e. The molecule has 1 saturated heterocycles. The maximum atomic E-state index is 12.6. The summed E-state index contributed by atoms with van der Waals surface area (Å²) in [6, 6.07) is 15.5. The summed E-state index contributed by atoms with van der Waals surface area (Å²) >= 11 is 0. The van der Waals surface area contributed by atoms with Crippen LogP contribution >= 0.6 is 0 Å². The third kappa shape index (κ3) is 3.58. The molecule has 26 heavy (non-hydrogen) atoms. The zero-order valence-corrected chi connectivity index (χ0v) is 14.8. The van der Waals surface area contributed by atoms with Crippen molar-refractivity contribution < 1.29 is 4.79 Å². The van der Waals surface area contributed by atoms with Gasteiger partial charge in [0.1, 0.15) is 0 Å². The second-order valence-electron chi connectivity index (χ2n) is 6.94. The summed E-state index contributed by atoms with van der Waals surface area (Å²) in [6.07, 6.45) is 2.29. The number of hydrogen-bond acceptors (Lipinski definition) is 4. The molecule has 2 heterocycles. The number of anilines is 1. The summed E-state index contributed by atoms with van der Waals surface area (Å²) in [6.45, 7) is 4.09. The lowest BCUT2D eigenvalue weighted by molar-refractivity contribution is 0.102. The monoisotopic (exact) mass is 346 g/mol. The van der Waals surface area contributed by atoms with Gasteiger partial charge in [-0.2, -0.15) is 10.2 Å². The van der Waals surface area contributed by atoms with Crippen LogP contribution in [0.3, 0.4) is 0 Å². The topological polar surface area (TPSA) is 66.9 Å². The molecule has 2 N–H and O–H groups in total. The van der Waals surface area contributed by atoms with Crippen molar-refractivity contribution in [2.45, 2.75) is 19.8 Å². The normalized spacial score (nSPS) is 16.7. The standard InChI is InChI=1S/C21H22N4O/c1-14-11-18-19(3-2-4-20(18)25-24-14)23-21(26)17-7-5-15(6-8-17)12-16-9-10-22-13-16/h2-8,11,16,22H,9-10,12-13H2,1H3,(H,23,26). The molecular weight excluding hydrogens is 324 g/mol. The van der Waals surface area contributed by atoms with Gasteiger partial charge < -0.3 is 10.6 Å². The SMILES string of the molecule is Cc1cc2c(NC(=O)c3ccc(CC4CCNC4)cc3)cccc2nn1. The molecule has 2 aromatic carbocycles. The molecule has 1 aliphatic rings. The van der Waals surface area contributed by atoms with E-state index in [1.54, 1.807) is 0 Å². The highest BCUT2D eigenvalue weighted by atomic mass is 16.1. The van der Waals surface area contributed by atoms with Crippen molar-refractivity contribution in [3.8, 4) is 0 Å². The average Bonchev–Trinajstić information content (AvgIpc) is 3.16. The second-order valence-corrected chi connectivity index (χ2v) is 6.94. The molecule has 1 unspecified atom stereocenters. The van der Waals surface area contributed by atoms with Gasteiger partial charge in [0.2, 0.25) is 0 Å². The molecule has 0 bridgehead atoms. The third-order valence-electron chi connectivity index (χ3n) is 4.90. The fourth-order valence-corrected chi connectivity index (χ4v) is 3.48. The Labute approximate surface area is 152 Å². The van der Waals surface area contributed by atoms with Crippen LogP contribution in [0.1, 0.15) is 28.0 Å². The van der Waals surface area contributed by atoms with Crippen LogP contribution in [-0.2, 0) is 6.42 Å². The first kappa shape index (κ1) is 16.7. The molecule has 1 aliphatic heterocycles. The Balaban J connectivity index is 1.50. The van der Waals surface area contributed by atoms with Crippen molar-refractivity contribution in [3.63, 3.8) is 0 Å². The van der Waals surface area contributed by atoms with Gasteiger partial charge in [-0.1, -0.05) is 18.2 Å². The molecular formula is C21H22N4O. The highest BCUT2D eigenvalue weighted by Crippen LogP contribution is 2.23. The maximum Gasteiger partial charge on any atom is 0.255 e. The number of amides is 1. The third-order valence-corrected chi connectivity index (χ3v) is 4.90. The molecule has 0 spiro atoms. The van der Waals surface area contributed by atoms with Crippen LogP contribution in [0.2, 0.25) is 0 Å². The second kappa shape index (κ2) is 7.22. The van der Waals surface area contributed by atoms with Crippen molar-refractivity contribution >= 4 is 22.5 Å². The molecule has 5 nitrogen and oxygen atoms in total. The van der Waals surface area contributed by atoms with Gasteiger partial charge in [-0.15, -0.1) is 0 Å². The molecule has 1 amide bonds. The van der Waals surface area contributed by atoms with E-state index in [1.165, 1.54) is 12.0 Å². The Kier molecular flexibility index (Phi) is 4.63. The fourth-order valence-electron chi connectivity index (χ4n) is 3.48. The number of aromatic nitrogens is 2. The minimum Gasteiger partial charge on any atom is -0.321 e. The number of benzene rings is 2. The quantitative estimate of drug-likeness (QED) is 0.760. The zero-order chi connectivity index (χ0) is 17.9. The highest BCUT2D eigenvalue weighted by molar-refractivity contribution is 6.08. The van der Waals surface area contributed by atoms with Gasteiger partial charge in [0.15, 0.2) is 0 Å². The molecule has 3 aromatic rings. The minimum absolute atomic E-state index is 0.110. The number of carbonyl (C=O) groups excluding carboxylic acids is 1. The number of aryl methyl sites for hydroxylation is 1. The average molecular weight is 346 g/mol. The molecule has 0 radical (unpaired) electrons. The van der Waals surface area contributed by atoms with E-state index in [9.17, 15) is 4.79 Å². The lowest BCUT2D eigenvalue weighted by Crippen LogP contribution is -2.13. The Morgan fingerprint density at radius 1 is 1.19 bits per heavy atom. The molecule has 0 saturated carbocycles. The molecule has 1 fully saturated rings. The van der Waals surface area contributed by atoms with E-state index in [0.717, 1.165) is 41.8 Å². The van der Waals surface area contributed by atoms with Gasteiger partial charge in [0, 0.05) is 10.9 Å². The van der Waals surface area contributed by atoms with Crippen molar-refractivity contribution in [1.82, 2.24) is 15.5 Å². The van der Waals surface area contributed by atoms with Gasteiger partial charge in [-0.3, -0.25) is 4.79 Å². The van der Waals surface area contributed by atoms with E-state index in [-0.39, 0.29) is 5.91 Å². The Morgan fingerprint density at radius 3 is 2.81 bits per heavy atom. The van der Waals surface area contributed by atoms with E-state index in [4.69, 9.17) is 0 Å². The molecule has 1 atom stereocenters. The molecule has 0 aliphatic carbocycles. The molecule has 1 aromatic heterocycles. The lowest BCUT2D eigenvalue weighted by atomic mass is 9.98. The van der Waals surface area contributed by atoms with Crippen molar-refractivity contribution in [1.29, 1.82) is 0 Å². The van der Waals surface area contributed by atoms with Crippen LogP contribution in [0.15, 0.2) is 48.5 Å². The molecule has 132 valence electrons. The van der Waals surface area contributed by atoms with Crippen molar-refractivity contribution in [2.75, 3.05) is 18.4 Å². The summed E-state index contributed by atoms with van der Waals surface area (Å²) in [7, 11) is 0. The van der Waals surface area contributed by atoms with Crippen LogP contribution in [0.5, 0.6) is 0 Å². The van der Waals surface area contributed by atoms with Crippen LogP contribution in [0.4, 0.5) is 5.69 Å². The van der Waals surface area contributed by atoms with Crippen LogP contribution in [0.25, 0.3) is 10.9 Å². The summed E-state index contributed by atoms with van der Waals surface area (Å²) in [4.78, 5) is 12.6. The number of nitrogens with one attached hydrogen (secondary N) is 2. The lowest BCUT2D eigenvalue weighted by Gasteiger charge is -2.10. The largest absolute Gasteiger partial charge is 0.321 e. The highest BCUT2D eigenvalue weighted by Gasteiger charge is 2.15. The number of fused-ring (bicyclic) bond motifs is 1. The molecule has 4 rings (SSSR count). The summed E-state index contributed by atoms with van der Waals surface area (Å²) in [5.41, 5.74) is 4.30.